The lowest BCUT2D eigenvalue weighted by Crippen LogP contribution is -2.34. The zero-order valence-corrected chi connectivity index (χ0v) is 20.7. The number of aromatic carboxylic acids is 1. The maximum Gasteiger partial charge on any atom is 0.335 e. The van der Waals surface area contributed by atoms with Gasteiger partial charge in [-0.2, -0.15) is 0 Å². The van der Waals surface area contributed by atoms with Crippen molar-refractivity contribution in [1.82, 2.24) is 0 Å². The van der Waals surface area contributed by atoms with Crippen molar-refractivity contribution in [1.29, 1.82) is 0 Å². The molecule has 3 nitrogen and oxygen atoms in total. The molecular formula is C31H34O3. The monoisotopic (exact) mass is 454 g/mol. The maximum atomic E-state index is 11.2. The second kappa shape index (κ2) is 8.88. The van der Waals surface area contributed by atoms with Crippen LogP contribution in [0, 0.1) is 6.92 Å². The average molecular weight is 455 g/mol. The van der Waals surface area contributed by atoms with E-state index in [1.54, 1.807) is 30.3 Å². The van der Waals surface area contributed by atoms with E-state index in [1.165, 1.54) is 27.8 Å². The number of rotatable bonds is 5. The Labute approximate surface area is 202 Å². The summed E-state index contributed by atoms with van der Waals surface area (Å²) in [6, 6.07) is 19.6. The van der Waals surface area contributed by atoms with Gasteiger partial charge in [0.1, 0.15) is 0 Å². The van der Waals surface area contributed by atoms with Crippen molar-refractivity contribution >= 4 is 12.0 Å². The molecule has 3 heteroatoms. The Bertz CT molecular complexity index is 1230. The van der Waals surface area contributed by atoms with Gasteiger partial charge in [0.15, 0.2) is 0 Å². The molecule has 0 aliphatic heterocycles. The van der Waals surface area contributed by atoms with Crippen LogP contribution in [0.2, 0.25) is 0 Å². The molecule has 176 valence electrons. The summed E-state index contributed by atoms with van der Waals surface area (Å²) in [5.41, 5.74) is 8.35. The zero-order chi connectivity index (χ0) is 24.7. The molecule has 0 aromatic heterocycles. The van der Waals surface area contributed by atoms with E-state index in [4.69, 9.17) is 5.11 Å². The summed E-state index contributed by atoms with van der Waals surface area (Å²) in [5, 5.41) is 20.3. The zero-order valence-electron chi connectivity index (χ0n) is 20.7. The molecule has 0 heterocycles. The highest BCUT2D eigenvalue weighted by molar-refractivity contribution is 5.87. The molecule has 3 aromatic carbocycles. The molecule has 0 amide bonds. The number of benzene rings is 3. The van der Waals surface area contributed by atoms with Crippen LogP contribution in [-0.2, 0) is 10.8 Å². The number of aliphatic hydroxyl groups is 1. The van der Waals surface area contributed by atoms with Crippen LogP contribution >= 0.6 is 0 Å². The molecule has 0 saturated heterocycles. The van der Waals surface area contributed by atoms with Crippen molar-refractivity contribution in [2.75, 3.05) is 0 Å². The normalized spacial score (nSPS) is 17.4. The van der Waals surface area contributed by atoms with Crippen LogP contribution in [0.4, 0.5) is 0 Å². The standard InChI is InChI=1S/C31H34O3/c1-20-6-11-22(12-7-20)25-18-24(19-26-28(25)31(4,5)17-16-30(26,2)3)27(32)15-10-21-8-13-23(14-9-21)29(33)34/h6-15,18-19,27,32H,16-17H2,1-5H3,(H,33,34)/b15-10+. The van der Waals surface area contributed by atoms with Crippen LogP contribution in [-0.4, -0.2) is 16.2 Å². The SMILES string of the molecule is Cc1ccc(-c2cc(C(O)/C=C/c3ccc(C(=O)O)cc3)cc3c2C(C)(C)CCC3(C)C)cc1. The van der Waals surface area contributed by atoms with Crippen molar-refractivity contribution in [2.24, 2.45) is 0 Å². The predicted molar refractivity (Wildman–Crippen MR) is 139 cm³/mol. The lowest BCUT2D eigenvalue weighted by Gasteiger charge is -2.43. The summed E-state index contributed by atoms with van der Waals surface area (Å²) in [7, 11) is 0. The van der Waals surface area contributed by atoms with E-state index in [0.29, 0.717) is 0 Å². The molecule has 1 aliphatic rings. The minimum absolute atomic E-state index is 0.0242. The highest BCUT2D eigenvalue weighted by Gasteiger charge is 2.39. The molecule has 0 radical (unpaired) electrons. The Balaban J connectivity index is 1.79. The van der Waals surface area contributed by atoms with E-state index < -0.39 is 12.1 Å². The first-order valence-electron chi connectivity index (χ1n) is 11.9. The third-order valence-electron chi connectivity index (χ3n) is 7.27. The van der Waals surface area contributed by atoms with Gasteiger partial charge in [0, 0.05) is 0 Å². The summed E-state index contributed by atoms with van der Waals surface area (Å²) >= 11 is 0. The quantitative estimate of drug-likeness (QED) is 0.421. The molecule has 2 N–H and O–H groups in total. The van der Waals surface area contributed by atoms with Crippen molar-refractivity contribution in [3.05, 3.63) is 100 Å². The lowest BCUT2D eigenvalue weighted by molar-refractivity contribution is 0.0697. The second-order valence-corrected chi connectivity index (χ2v) is 10.9. The van der Waals surface area contributed by atoms with E-state index >= 15 is 0 Å². The fraction of sp³-hybridized carbons (Fsp3) is 0.323. The molecular weight excluding hydrogens is 420 g/mol. The van der Waals surface area contributed by atoms with Gasteiger partial charge in [0.2, 0.25) is 0 Å². The van der Waals surface area contributed by atoms with Crippen LogP contribution in [0.1, 0.15) is 84.8 Å². The number of aliphatic hydroxyl groups excluding tert-OH is 1. The Kier molecular flexibility index (Phi) is 6.26. The fourth-order valence-electron chi connectivity index (χ4n) is 4.99. The third-order valence-corrected chi connectivity index (χ3v) is 7.27. The Hall–Kier alpha value is -3.17. The van der Waals surface area contributed by atoms with E-state index in [-0.39, 0.29) is 16.4 Å². The summed E-state index contributed by atoms with van der Waals surface area (Å²) < 4.78 is 0. The third kappa shape index (κ3) is 4.71. The number of carboxylic acids is 1. The van der Waals surface area contributed by atoms with Gasteiger partial charge < -0.3 is 10.2 Å². The minimum Gasteiger partial charge on any atom is -0.478 e. The van der Waals surface area contributed by atoms with Gasteiger partial charge in [0.05, 0.1) is 11.7 Å². The van der Waals surface area contributed by atoms with E-state index in [1.807, 2.05) is 6.08 Å². The molecule has 0 bridgehead atoms. The van der Waals surface area contributed by atoms with Crippen LogP contribution in [0.15, 0.2) is 66.7 Å². The summed E-state index contributed by atoms with van der Waals surface area (Å²) in [5.74, 6) is -0.946. The molecule has 0 spiro atoms. The van der Waals surface area contributed by atoms with E-state index in [2.05, 4.69) is 71.0 Å². The van der Waals surface area contributed by atoms with Gasteiger partial charge in [-0.15, -0.1) is 0 Å². The first-order chi connectivity index (χ1) is 16.0. The molecule has 4 rings (SSSR count). The highest BCUT2D eigenvalue weighted by Crippen LogP contribution is 2.50. The number of carbonyl (C=O) groups is 1. The van der Waals surface area contributed by atoms with Gasteiger partial charge >= 0.3 is 5.97 Å². The summed E-state index contributed by atoms with van der Waals surface area (Å²) in [4.78, 5) is 11.1. The van der Waals surface area contributed by atoms with Crippen molar-refractivity contribution in [2.45, 2.75) is 64.4 Å². The van der Waals surface area contributed by atoms with Crippen molar-refractivity contribution < 1.29 is 15.0 Å². The number of hydrogen-bond donors (Lipinski definition) is 2. The Morgan fingerprint density at radius 2 is 1.53 bits per heavy atom. The van der Waals surface area contributed by atoms with Crippen LogP contribution in [0.5, 0.6) is 0 Å². The number of fused-ring (bicyclic) bond motifs is 1. The molecule has 1 aliphatic carbocycles. The molecule has 3 aromatic rings. The van der Waals surface area contributed by atoms with Crippen molar-refractivity contribution in [3.8, 4) is 11.1 Å². The fourth-order valence-corrected chi connectivity index (χ4v) is 4.99. The molecule has 34 heavy (non-hydrogen) atoms. The molecule has 1 atom stereocenters. The first kappa shape index (κ1) is 24.0. The number of hydrogen-bond acceptors (Lipinski definition) is 2. The molecule has 0 fully saturated rings. The predicted octanol–water partition coefficient (Wildman–Crippen LogP) is 7.46. The number of aryl methyl sites for hydroxylation is 1. The van der Waals surface area contributed by atoms with Gasteiger partial charge in [-0.25, -0.2) is 4.79 Å². The Morgan fingerprint density at radius 3 is 2.15 bits per heavy atom. The summed E-state index contributed by atoms with van der Waals surface area (Å²) in [6.45, 7) is 11.4. The number of carboxylic acid groups (broad SMARTS) is 1. The first-order valence-corrected chi connectivity index (χ1v) is 11.9. The van der Waals surface area contributed by atoms with Gasteiger partial charge in [-0.05, 0) is 82.2 Å². The lowest BCUT2D eigenvalue weighted by atomic mass is 9.61. The van der Waals surface area contributed by atoms with E-state index in [0.717, 1.165) is 24.0 Å². The molecule has 0 saturated carbocycles. The largest absolute Gasteiger partial charge is 0.478 e. The highest BCUT2D eigenvalue weighted by atomic mass is 16.4. The van der Waals surface area contributed by atoms with Gasteiger partial charge in [0.25, 0.3) is 0 Å². The van der Waals surface area contributed by atoms with Gasteiger partial charge in [-0.1, -0.05) is 87.9 Å². The summed E-state index contributed by atoms with van der Waals surface area (Å²) in [6.07, 6.45) is 5.08. The maximum absolute atomic E-state index is 11.2. The van der Waals surface area contributed by atoms with Crippen LogP contribution < -0.4 is 0 Å². The average Bonchev–Trinajstić information content (AvgIpc) is 2.80. The van der Waals surface area contributed by atoms with Crippen LogP contribution in [0.3, 0.4) is 0 Å². The van der Waals surface area contributed by atoms with Crippen molar-refractivity contribution in [3.63, 3.8) is 0 Å². The smallest absolute Gasteiger partial charge is 0.335 e. The topological polar surface area (TPSA) is 57.5 Å². The minimum atomic E-state index is -0.946. The van der Waals surface area contributed by atoms with Crippen LogP contribution in [0.25, 0.3) is 17.2 Å². The molecule has 1 unspecified atom stereocenters. The Morgan fingerprint density at radius 1 is 0.912 bits per heavy atom. The second-order valence-electron chi connectivity index (χ2n) is 10.9. The van der Waals surface area contributed by atoms with Gasteiger partial charge in [-0.3, -0.25) is 0 Å². The van der Waals surface area contributed by atoms with E-state index in [9.17, 15) is 9.90 Å².